The highest BCUT2D eigenvalue weighted by Gasteiger charge is 2.52. The number of aliphatic carboxylic acids is 2. The van der Waals surface area contributed by atoms with E-state index < -0.39 is 59.4 Å². The zero-order valence-electron chi connectivity index (χ0n) is 36.9. The Morgan fingerprint density at radius 3 is 0.848 bits per heavy atom. The molecule has 1 aliphatic carbocycles. The number of aliphatic hydroxyl groups is 2. The summed E-state index contributed by atoms with van der Waals surface area (Å²) in [6.45, 7) is -1.11. The van der Waals surface area contributed by atoms with Gasteiger partial charge < -0.3 is 48.8 Å². The van der Waals surface area contributed by atoms with E-state index in [1.165, 1.54) is 0 Å². The van der Waals surface area contributed by atoms with E-state index in [1.807, 2.05) is 109 Å². The third-order valence-electron chi connectivity index (χ3n) is 12.4. The molecule has 12 nitrogen and oxygen atoms in total. The molecule has 0 heterocycles. The van der Waals surface area contributed by atoms with Crippen LogP contribution in [0.4, 0.5) is 0 Å². The summed E-state index contributed by atoms with van der Waals surface area (Å²) in [6, 6.07) is 47.4. The van der Waals surface area contributed by atoms with Gasteiger partial charge in [0.15, 0.2) is 0 Å². The lowest BCUT2D eigenvalue weighted by Gasteiger charge is -2.41. The molecule has 0 bridgehead atoms. The monoisotopic (exact) mass is 892 g/mol. The van der Waals surface area contributed by atoms with Gasteiger partial charge in [0, 0.05) is 0 Å². The van der Waals surface area contributed by atoms with E-state index in [0.717, 1.165) is 24.3 Å². The van der Waals surface area contributed by atoms with Gasteiger partial charge in [-0.25, -0.2) is 0 Å². The quantitative estimate of drug-likeness (QED) is 0.0431. The van der Waals surface area contributed by atoms with Crippen molar-refractivity contribution in [2.75, 3.05) is 41.7 Å². The van der Waals surface area contributed by atoms with Gasteiger partial charge in [0.2, 0.25) is 0 Å². The summed E-state index contributed by atoms with van der Waals surface area (Å²) in [7, 11) is 6.22. The minimum atomic E-state index is -2.19. The van der Waals surface area contributed by atoms with Crippen LogP contribution in [0.1, 0.15) is 33.4 Å². The van der Waals surface area contributed by atoms with E-state index in [4.69, 9.17) is 28.4 Å². The molecular weight excluding hydrogens is 841 g/mol. The van der Waals surface area contributed by atoms with E-state index in [-0.39, 0.29) is 0 Å². The Labute approximate surface area is 383 Å². The molecule has 0 aromatic heterocycles. The topological polar surface area (TPSA) is 170 Å². The fourth-order valence-electron chi connectivity index (χ4n) is 8.51. The molecule has 0 saturated carbocycles. The van der Waals surface area contributed by atoms with Crippen molar-refractivity contribution in [3.8, 4) is 23.0 Å². The van der Waals surface area contributed by atoms with Crippen LogP contribution in [0.15, 0.2) is 182 Å². The molecule has 1 aliphatic rings. The average Bonchev–Trinajstić information content (AvgIpc) is 3.37. The van der Waals surface area contributed by atoms with Crippen LogP contribution in [0.3, 0.4) is 0 Å². The lowest BCUT2D eigenvalue weighted by Crippen LogP contribution is -2.50. The molecular formula is C54H52O12. The Morgan fingerprint density at radius 1 is 0.409 bits per heavy atom. The zero-order valence-corrected chi connectivity index (χ0v) is 36.9. The maximum Gasteiger partial charge on any atom is 0.320 e. The molecule has 6 aromatic carbocycles. The van der Waals surface area contributed by atoms with Crippen molar-refractivity contribution in [1.82, 2.24) is 0 Å². The molecule has 4 N–H and O–H groups in total. The molecule has 2 unspecified atom stereocenters. The summed E-state index contributed by atoms with van der Waals surface area (Å²) in [6.07, 6.45) is 0.842. The van der Waals surface area contributed by atoms with Gasteiger partial charge in [-0.15, -0.1) is 0 Å². The second-order valence-corrected chi connectivity index (χ2v) is 15.8. The van der Waals surface area contributed by atoms with Crippen LogP contribution in [0.5, 0.6) is 23.0 Å². The smallest absolute Gasteiger partial charge is 0.320 e. The Hall–Kier alpha value is -7.22. The van der Waals surface area contributed by atoms with Gasteiger partial charge in [-0.05, 0) is 81.9 Å². The standard InChI is InChI=1S/C54H52O12/c1-61-43-23-15-39(16-24-43)53(37-11-7-5-8-12-37,40-17-25-44(62-2)26-18-40)65-35-47(55)51(49(57)58)31-33-52(34-32-51,50(59)60)48(56)36-66-54(38-13-9-6-10-14-38,41-19-27-45(63-3)28-20-41)42-21-29-46(64-4)30-22-42/h5-34,47-48,55-56H,35-36H2,1-4H3,(H,57,58)(H,59,60). The van der Waals surface area contributed by atoms with Crippen molar-refractivity contribution in [1.29, 1.82) is 0 Å². The second-order valence-electron chi connectivity index (χ2n) is 15.8. The van der Waals surface area contributed by atoms with Gasteiger partial charge >= 0.3 is 11.9 Å². The number of carboxylic acids is 2. The van der Waals surface area contributed by atoms with Crippen LogP contribution >= 0.6 is 0 Å². The van der Waals surface area contributed by atoms with Gasteiger partial charge in [-0.3, -0.25) is 9.59 Å². The zero-order chi connectivity index (χ0) is 47.0. The van der Waals surface area contributed by atoms with Crippen molar-refractivity contribution < 1.29 is 58.4 Å². The molecule has 0 saturated heterocycles. The Bertz CT molecular complexity index is 2320. The average molecular weight is 893 g/mol. The van der Waals surface area contributed by atoms with E-state index in [2.05, 4.69) is 0 Å². The van der Waals surface area contributed by atoms with E-state index in [0.29, 0.717) is 56.4 Å². The lowest BCUT2D eigenvalue weighted by atomic mass is 9.69. The fraction of sp³-hybridized carbons (Fsp3) is 0.222. The van der Waals surface area contributed by atoms with Gasteiger partial charge in [0.1, 0.15) is 57.2 Å². The fourth-order valence-corrected chi connectivity index (χ4v) is 8.51. The number of ether oxygens (including phenoxy) is 6. The summed E-state index contributed by atoms with van der Waals surface area (Å²) >= 11 is 0. The van der Waals surface area contributed by atoms with Gasteiger partial charge in [0.25, 0.3) is 0 Å². The molecule has 66 heavy (non-hydrogen) atoms. The Kier molecular flexibility index (Phi) is 14.1. The van der Waals surface area contributed by atoms with Crippen molar-refractivity contribution in [2.45, 2.75) is 23.4 Å². The van der Waals surface area contributed by atoms with Crippen LogP contribution in [0, 0.1) is 10.8 Å². The van der Waals surface area contributed by atoms with Gasteiger partial charge in [-0.1, -0.05) is 133 Å². The lowest BCUT2D eigenvalue weighted by molar-refractivity contribution is -0.156. The number of methoxy groups -OCH3 is 4. The number of carbonyl (C=O) groups is 2. The number of hydrogen-bond acceptors (Lipinski definition) is 10. The Morgan fingerprint density at radius 2 is 0.636 bits per heavy atom. The summed E-state index contributed by atoms with van der Waals surface area (Å²) in [5.74, 6) is -0.563. The molecule has 0 amide bonds. The number of benzene rings is 6. The molecule has 2 atom stereocenters. The highest BCUT2D eigenvalue weighted by Crippen LogP contribution is 2.46. The molecule has 12 heteroatoms. The van der Waals surface area contributed by atoms with Crippen LogP contribution in [-0.4, -0.2) is 86.2 Å². The molecule has 7 rings (SSSR count). The first-order valence-electron chi connectivity index (χ1n) is 21.1. The maximum absolute atomic E-state index is 13.4. The van der Waals surface area contributed by atoms with Gasteiger partial charge in [0.05, 0.1) is 41.7 Å². The first kappa shape index (κ1) is 46.8. The van der Waals surface area contributed by atoms with E-state index >= 15 is 0 Å². The number of aliphatic hydroxyl groups excluding tert-OH is 2. The van der Waals surface area contributed by atoms with Crippen LogP contribution in [0.2, 0.25) is 0 Å². The predicted octanol–water partition coefficient (Wildman–Crippen LogP) is 8.03. The number of rotatable bonds is 20. The number of carboxylic acid groups (broad SMARTS) is 2. The first-order valence-corrected chi connectivity index (χ1v) is 21.1. The van der Waals surface area contributed by atoms with E-state index in [9.17, 15) is 30.0 Å². The van der Waals surface area contributed by atoms with Crippen LogP contribution in [-0.2, 0) is 30.3 Å². The summed E-state index contributed by atoms with van der Waals surface area (Å²) in [5, 5.41) is 45.9. The normalized spacial score (nSPS) is 17.9. The highest BCUT2D eigenvalue weighted by molar-refractivity contribution is 5.86. The van der Waals surface area contributed by atoms with Crippen molar-refractivity contribution in [2.24, 2.45) is 10.8 Å². The molecule has 6 aromatic rings. The first-order chi connectivity index (χ1) is 31.9. The van der Waals surface area contributed by atoms with Crippen molar-refractivity contribution in [3.05, 3.63) is 215 Å². The third-order valence-corrected chi connectivity index (χ3v) is 12.4. The minimum Gasteiger partial charge on any atom is -0.497 e. The third kappa shape index (κ3) is 8.67. The summed E-state index contributed by atoms with van der Waals surface area (Å²) in [5.41, 5.74) is -3.25. The molecule has 0 fully saturated rings. The van der Waals surface area contributed by atoms with Crippen LogP contribution in [0.25, 0.3) is 0 Å². The highest BCUT2D eigenvalue weighted by atomic mass is 16.5. The van der Waals surface area contributed by atoms with Gasteiger partial charge in [-0.2, -0.15) is 0 Å². The Balaban J connectivity index is 1.24. The molecule has 340 valence electrons. The maximum atomic E-state index is 13.4. The minimum absolute atomic E-state index is 0.553. The summed E-state index contributed by atoms with van der Waals surface area (Å²) in [4.78, 5) is 26.7. The molecule has 0 radical (unpaired) electrons. The van der Waals surface area contributed by atoms with Crippen LogP contribution < -0.4 is 18.9 Å². The van der Waals surface area contributed by atoms with E-state index in [1.54, 1.807) is 77.0 Å². The molecule has 0 spiro atoms. The van der Waals surface area contributed by atoms with Crippen molar-refractivity contribution in [3.63, 3.8) is 0 Å². The second kappa shape index (κ2) is 19.9. The largest absolute Gasteiger partial charge is 0.497 e. The van der Waals surface area contributed by atoms with Crippen molar-refractivity contribution >= 4 is 11.9 Å². The SMILES string of the molecule is COc1ccc(C(OCC(O)C2(C(=O)O)C=CC(C(=O)O)(C(O)COC(c3ccccc3)(c3ccc(OC)cc3)c3ccc(OC)cc3)C=C2)(c2ccccc2)c2ccc(OC)cc2)cc1. The predicted molar refractivity (Wildman–Crippen MR) is 247 cm³/mol. The number of hydrogen-bond donors (Lipinski definition) is 4. The molecule has 0 aliphatic heterocycles. The summed E-state index contributed by atoms with van der Waals surface area (Å²) < 4.78 is 35.5.